The van der Waals surface area contributed by atoms with Gasteiger partial charge in [0.15, 0.2) is 0 Å². The van der Waals surface area contributed by atoms with E-state index < -0.39 is 0 Å². The summed E-state index contributed by atoms with van der Waals surface area (Å²) in [4.78, 5) is 12.4. The lowest BCUT2D eigenvalue weighted by molar-refractivity contribution is -0.140. The largest absolute Gasteiger partial charge is 0.299 e. The normalized spacial score (nSPS) is 27.3. The minimum absolute atomic E-state index is 0.175. The van der Waals surface area contributed by atoms with E-state index >= 15 is 0 Å². The zero-order valence-corrected chi connectivity index (χ0v) is 11.8. The molecule has 1 heteroatoms. The molecule has 1 aliphatic carbocycles. The van der Waals surface area contributed by atoms with Crippen LogP contribution in [0.4, 0.5) is 0 Å². The van der Waals surface area contributed by atoms with Crippen LogP contribution in [0.2, 0.25) is 0 Å². The van der Waals surface area contributed by atoms with Crippen molar-refractivity contribution in [2.24, 2.45) is 11.8 Å². The minimum Gasteiger partial charge on any atom is -0.299 e. The highest BCUT2D eigenvalue weighted by Crippen LogP contribution is 2.52. The number of hydrogen-bond donors (Lipinski definition) is 0. The van der Waals surface area contributed by atoms with Crippen molar-refractivity contribution in [3.63, 3.8) is 0 Å². The molecule has 1 fully saturated rings. The second kappa shape index (κ2) is 5.26. The predicted molar refractivity (Wildman–Crippen MR) is 75.6 cm³/mol. The summed E-state index contributed by atoms with van der Waals surface area (Å²) in [6.07, 6.45) is 4.10. The quantitative estimate of drug-likeness (QED) is 0.752. The Balaban J connectivity index is 2.37. The molecule has 1 saturated carbocycles. The molecule has 0 aliphatic heterocycles. The number of rotatable bonds is 5. The number of Topliss-reactive ketones (excluding diaryl/α,β-unsaturated/α-hetero) is 1. The molecule has 0 radical (unpaired) electrons. The standard InChI is InChI=1S/C17H24O/c1-4-5-11-17(14-9-7-6-8-10-14)15(13(2)3)12-16(17)18/h6-10,13,15H,4-5,11-12H2,1-3H3/t15-,17-/m1/s1. The molecule has 0 aromatic heterocycles. The second-order valence-corrected chi connectivity index (χ2v) is 5.92. The Morgan fingerprint density at radius 1 is 1.28 bits per heavy atom. The summed E-state index contributed by atoms with van der Waals surface area (Å²) in [7, 11) is 0. The fraction of sp³-hybridized carbons (Fsp3) is 0.588. The van der Waals surface area contributed by atoms with Gasteiger partial charge in [0, 0.05) is 6.42 Å². The average Bonchev–Trinajstić information content (AvgIpc) is 2.37. The Labute approximate surface area is 111 Å². The third kappa shape index (κ3) is 2.00. The van der Waals surface area contributed by atoms with E-state index in [-0.39, 0.29) is 5.41 Å². The van der Waals surface area contributed by atoms with Crippen LogP contribution in [0.25, 0.3) is 0 Å². The highest BCUT2D eigenvalue weighted by Gasteiger charge is 2.55. The van der Waals surface area contributed by atoms with Crippen LogP contribution < -0.4 is 0 Å². The fourth-order valence-electron chi connectivity index (χ4n) is 3.47. The van der Waals surface area contributed by atoms with E-state index in [2.05, 4.69) is 45.0 Å². The number of carbonyl (C=O) groups excluding carboxylic acids is 1. The molecule has 0 spiro atoms. The molecule has 0 saturated heterocycles. The van der Waals surface area contributed by atoms with Crippen molar-refractivity contribution in [3.05, 3.63) is 35.9 Å². The zero-order valence-electron chi connectivity index (χ0n) is 11.8. The van der Waals surface area contributed by atoms with Crippen LogP contribution in [0.5, 0.6) is 0 Å². The number of carbonyl (C=O) groups is 1. The average molecular weight is 244 g/mol. The van der Waals surface area contributed by atoms with Crippen molar-refractivity contribution in [1.29, 1.82) is 0 Å². The molecule has 0 heterocycles. The zero-order chi connectivity index (χ0) is 13.2. The first-order valence-electron chi connectivity index (χ1n) is 7.21. The van der Waals surface area contributed by atoms with Gasteiger partial charge in [-0.1, -0.05) is 63.9 Å². The van der Waals surface area contributed by atoms with Gasteiger partial charge in [0.2, 0.25) is 0 Å². The molecule has 2 rings (SSSR count). The Morgan fingerprint density at radius 2 is 1.94 bits per heavy atom. The van der Waals surface area contributed by atoms with Crippen molar-refractivity contribution in [2.45, 2.75) is 51.9 Å². The summed E-state index contributed by atoms with van der Waals surface area (Å²) >= 11 is 0. The topological polar surface area (TPSA) is 17.1 Å². The molecule has 1 aliphatic rings. The molecule has 2 atom stereocenters. The first-order chi connectivity index (χ1) is 8.63. The summed E-state index contributed by atoms with van der Waals surface area (Å²) in [6, 6.07) is 10.4. The van der Waals surface area contributed by atoms with Gasteiger partial charge in [0.25, 0.3) is 0 Å². The van der Waals surface area contributed by atoms with E-state index in [0.717, 1.165) is 25.7 Å². The van der Waals surface area contributed by atoms with Crippen LogP contribution in [-0.2, 0) is 10.2 Å². The third-order valence-electron chi connectivity index (χ3n) is 4.55. The molecular formula is C17H24O. The molecule has 0 unspecified atom stereocenters. The van der Waals surface area contributed by atoms with E-state index in [9.17, 15) is 4.79 Å². The predicted octanol–water partition coefficient (Wildman–Crippen LogP) is 4.36. The molecule has 98 valence electrons. The van der Waals surface area contributed by atoms with Gasteiger partial charge in [-0.2, -0.15) is 0 Å². The molecule has 0 bridgehead atoms. The van der Waals surface area contributed by atoms with E-state index in [0.29, 0.717) is 17.6 Å². The van der Waals surface area contributed by atoms with E-state index in [1.165, 1.54) is 5.56 Å². The van der Waals surface area contributed by atoms with Crippen LogP contribution in [-0.4, -0.2) is 5.78 Å². The Hall–Kier alpha value is -1.11. The molecule has 1 nitrogen and oxygen atoms in total. The number of ketones is 1. The highest BCUT2D eigenvalue weighted by molar-refractivity contribution is 5.97. The lowest BCUT2D eigenvalue weighted by Crippen LogP contribution is -2.55. The van der Waals surface area contributed by atoms with E-state index in [4.69, 9.17) is 0 Å². The van der Waals surface area contributed by atoms with Gasteiger partial charge in [0.05, 0.1) is 5.41 Å². The molecule has 1 aromatic carbocycles. The maximum absolute atomic E-state index is 12.4. The highest BCUT2D eigenvalue weighted by atomic mass is 16.1. The van der Waals surface area contributed by atoms with Crippen LogP contribution in [0, 0.1) is 11.8 Å². The second-order valence-electron chi connectivity index (χ2n) is 5.92. The molecular weight excluding hydrogens is 220 g/mol. The third-order valence-corrected chi connectivity index (χ3v) is 4.55. The smallest absolute Gasteiger partial charge is 0.144 e. The van der Waals surface area contributed by atoms with Gasteiger partial charge in [-0.3, -0.25) is 4.79 Å². The first kappa shape index (κ1) is 13.3. The molecule has 0 amide bonds. The summed E-state index contributed by atoms with van der Waals surface area (Å²) in [5.74, 6) is 1.57. The summed E-state index contributed by atoms with van der Waals surface area (Å²) < 4.78 is 0. The van der Waals surface area contributed by atoms with Crippen LogP contribution >= 0.6 is 0 Å². The first-order valence-corrected chi connectivity index (χ1v) is 7.21. The van der Waals surface area contributed by atoms with Gasteiger partial charge in [0.1, 0.15) is 5.78 Å². The Kier molecular flexibility index (Phi) is 3.89. The van der Waals surface area contributed by atoms with Crippen molar-refractivity contribution in [3.8, 4) is 0 Å². The monoisotopic (exact) mass is 244 g/mol. The fourth-order valence-corrected chi connectivity index (χ4v) is 3.47. The lowest BCUT2D eigenvalue weighted by atomic mass is 9.51. The maximum atomic E-state index is 12.4. The summed E-state index contributed by atoms with van der Waals surface area (Å²) in [5.41, 5.74) is 1.07. The van der Waals surface area contributed by atoms with Crippen molar-refractivity contribution >= 4 is 5.78 Å². The van der Waals surface area contributed by atoms with Crippen molar-refractivity contribution < 1.29 is 4.79 Å². The van der Waals surface area contributed by atoms with Crippen molar-refractivity contribution in [1.82, 2.24) is 0 Å². The number of benzene rings is 1. The van der Waals surface area contributed by atoms with E-state index in [1.54, 1.807) is 0 Å². The molecule has 0 N–H and O–H groups in total. The van der Waals surface area contributed by atoms with Gasteiger partial charge >= 0.3 is 0 Å². The van der Waals surface area contributed by atoms with Gasteiger partial charge in [-0.25, -0.2) is 0 Å². The van der Waals surface area contributed by atoms with Gasteiger partial charge < -0.3 is 0 Å². The minimum atomic E-state index is -0.175. The van der Waals surface area contributed by atoms with Crippen LogP contribution in [0.15, 0.2) is 30.3 Å². The number of hydrogen-bond acceptors (Lipinski definition) is 1. The summed E-state index contributed by atoms with van der Waals surface area (Å²) in [6.45, 7) is 6.70. The van der Waals surface area contributed by atoms with Crippen LogP contribution in [0.1, 0.15) is 52.0 Å². The Bertz CT molecular complexity index is 407. The van der Waals surface area contributed by atoms with Crippen molar-refractivity contribution in [2.75, 3.05) is 0 Å². The lowest BCUT2D eigenvalue weighted by Gasteiger charge is -2.50. The molecule has 18 heavy (non-hydrogen) atoms. The van der Waals surface area contributed by atoms with E-state index in [1.807, 2.05) is 6.07 Å². The number of unbranched alkanes of at least 4 members (excludes halogenated alkanes) is 1. The van der Waals surface area contributed by atoms with Gasteiger partial charge in [-0.15, -0.1) is 0 Å². The Morgan fingerprint density at radius 3 is 2.44 bits per heavy atom. The van der Waals surface area contributed by atoms with Gasteiger partial charge in [-0.05, 0) is 23.8 Å². The van der Waals surface area contributed by atoms with Crippen LogP contribution in [0.3, 0.4) is 0 Å². The summed E-state index contributed by atoms with van der Waals surface area (Å²) in [5, 5.41) is 0. The maximum Gasteiger partial charge on any atom is 0.144 e. The molecule has 1 aromatic rings. The SMILES string of the molecule is CCCC[C@]1(c2ccccc2)C(=O)C[C@@H]1C(C)C.